The molecule has 0 bridgehead atoms. The van der Waals surface area contributed by atoms with E-state index < -0.39 is 0 Å². The number of ether oxygens (including phenoxy) is 1. The lowest BCUT2D eigenvalue weighted by Gasteiger charge is -2.17. The van der Waals surface area contributed by atoms with Crippen LogP contribution in [0.5, 0.6) is 0 Å². The third-order valence-corrected chi connectivity index (χ3v) is 7.54. The van der Waals surface area contributed by atoms with Gasteiger partial charge in [0.2, 0.25) is 0 Å². The third kappa shape index (κ3) is 4.14. The van der Waals surface area contributed by atoms with Crippen LogP contribution >= 0.6 is 11.8 Å². The predicted octanol–water partition coefficient (Wildman–Crippen LogP) is 3.81. The zero-order valence-electron chi connectivity index (χ0n) is 20.0. The normalized spacial score (nSPS) is 19.5. The predicted molar refractivity (Wildman–Crippen MR) is 138 cm³/mol. The van der Waals surface area contributed by atoms with E-state index in [1.54, 1.807) is 16.4 Å². The van der Waals surface area contributed by atoms with Crippen LogP contribution in [0.25, 0.3) is 5.69 Å². The molecule has 2 aromatic heterocycles. The Balaban J connectivity index is 1.39. The van der Waals surface area contributed by atoms with Crippen LogP contribution in [0.4, 0.5) is 5.69 Å². The summed E-state index contributed by atoms with van der Waals surface area (Å²) in [6, 6.07) is 11.8. The molecule has 1 saturated heterocycles. The van der Waals surface area contributed by atoms with E-state index in [1.807, 2.05) is 49.0 Å². The Kier molecular flexibility index (Phi) is 6.22. The zero-order valence-corrected chi connectivity index (χ0v) is 20.9. The molecule has 1 aromatic carbocycles. The number of benzene rings is 1. The molecule has 0 saturated carbocycles. The van der Waals surface area contributed by atoms with Crippen molar-refractivity contribution in [3.05, 3.63) is 69.4 Å². The van der Waals surface area contributed by atoms with Gasteiger partial charge in [0, 0.05) is 42.9 Å². The smallest absolute Gasteiger partial charge is 0.297 e. The van der Waals surface area contributed by atoms with E-state index in [1.165, 1.54) is 11.4 Å². The van der Waals surface area contributed by atoms with E-state index >= 15 is 0 Å². The van der Waals surface area contributed by atoms with Crippen molar-refractivity contribution in [3.63, 3.8) is 0 Å². The fourth-order valence-corrected chi connectivity index (χ4v) is 5.42. The quantitative estimate of drug-likeness (QED) is 0.605. The number of nitrogens with one attached hydrogen (secondary N) is 1. The number of hydrogen-bond acceptors (Lipinski definition) is 5. The number of nitrogens with zero attached hydrogens (tertiary/aromatic N) is 5. The van der Waals surface area contributed by atoms with Gasteiger partial charge in [-0.15, -0.1) is 0 Å². The lowest BCUT2D eigenvalue weighted by Crippen LogP contribution is -2.26. The molecule has 0 unspecified atom stereocenters. The van der Waals surface area contributed by atoms with Crippen LogP contribution in [0.2, 0.25) is 0 Å². The van der Waals surface area contributed by atoms with Gasteiger partial charge in [-0.3, -0.25) is 14.9 Å². The Hall–Kier alpha value is -3.04. The van der Waals surface area contributed by atoms with Gasteiger partial charge in [-0.25, -0.2) is 9.67 Å². The molecule has 178 valence electrons. The third-order valence-electron chi connectivity index (χ3n) is 6.66. The number of rotatable bonds is 5. The van der Waals surface area contributed by atoms with Gasteiger partial charge in [-0.05, 0) is 51.8 Å². The van der Waals surface area contributed by atoms with E-state index in [-0.39, 0.29) is 5.56 Å². The number of hydrazone groups is 1. The second kappa shape index (κ2) is 9.31. The molecule has 8 nitrogen and oxygen atoms in total. The first-order chi connectivity index (χ1) is 16.4. The van der Waals surface area contributed by atoms with Gasteiger partial charge in [0.1, 0.15) is 0 Å². The Morgan fingerprint density at radius 3 is 2.68 bits per heavy atom. The van der Waals surface area contributed by atoms with Crippen LogP contribution in [-0.4, -0.2) is 43.3 Å². The van der Waals surface area contributed by atoms with Gasteiger partial charge in [0.15, 0.2) is 10.9 Å². The number of aliphatic imine (C=N–C) groups is 1. The highest BCUT2D eigenvalue weighted by atomic mass is 32.2. The molecule has 2 aliphatic rings. The van der Waals surface area contributed by atoms with Crippen molar-refractivity contribution in [2.75, 3.05) is 12.4 Å². The minimum absolute atomic E-state index is 0.145. The maximum Gasteiger partial charge on any atom is 0.297 e. The van der Waals surface area contributed by atoms with E-state index in [2.05, 4.69) is 40.0 Å². The van der Waals surface area contributed by atoms with E-state index in [0.29, 0.717) is 22.7 Å². The van der Waals surface area contributed by atoms with Crippen LogP contribution in [0.3, 0.4) is 0 Å². The topological polar surface area (TPSA) is 77.8 Å². The first kappa shape index (κ1) is 22.7. The van der Waals surface area contributed by atoms with Crippen LogP contribution in [-0.2, 0) is 18.3 Å². The van der Waals surface area contributed by atoms with E-state index in [4.69, 9.17) is 4.74 Å². The molecule has 1 atom stereocenters. The Labute approximate surface area is 203 Å². The SMILES string of the molecule is Cc1cc(C2=NNC(=Nc3c(C)n(C)n(-c4ccccc4)c3=O)SC2)c(C)n1C[C@H]1CCCO1. The molecular formula is C25H30N6O2S. The summed E-state index contributed by atoms with van der Waals surface area (Å²) in [6.07, 6.45) is 2.56. The first-order valence-electron chi connectivity index (χ1n) is 11.6. The molecule has 0 amide bonds. The summed E-state index contributed by atoms with van der Waals surface area (Å²) in [7, 11) is 1.87. The van der Waals surface area contributed by atoms with Crippen molar-refractivity contribution < 1.29 is 4.74 Å². The fourth-order valence-electron chi connectivity index (χ4n) is 4.66. The summed E-state index contributed by atoms with van der Waals surface area (Å²) in [4.78, 5) is 17.8. The highest BCUT2D eigenvalue weighted by Gasteiger charge is 2.23. The monoisotopic (exact) mass is 478 g/mol. The molecule has 0 radical (unpaired) electrons. The largest absolute Gasteiger partial charge is 0.376 e. The first-order valence-corrected chi connectivity index (χ1v) is 12.6. The van der Waals surface area contributed by atoms with Gasteiger partial charge in [0.05, 0.1) is 23.2 Å². The number of thioether (sulfide) groups is 1. The summed E-state index contributed by atoms with van der Waals surface area (Å²) in [5.41, 5.74) is 9.54. The molecule has 0 aliphatic carbocycles. The van der Waals surface area contributed by atoms with E-state index in [0.717, 1.165) is 48.6 Å². The zero-order chi connectivity index (χ0) is 23.8. The number of hydrogen-bond donors (Lipinski definition) is 1. The maximum absolute atomic E-state index is 13.1. The maximum atomic E-state index is 13.1. The Bertz CT molecular complexity index is 1330. The highest BCUT2D eigenvalue weighted by Crippen LogP contribution is 2.24. The van der Waals surface area contributed by atoms with Crippen molar-refractivity contribution in [2.24, 2.45) is 17.1 Å². The highest BCUT2D eigenvalue weighted by molar-refractivity contribution is 8.14. The average Bonchev–Trinajstić information content (AvgIpc) is 3.52. The molecule has 34 heavy (non-hydrogen) atoms. The molecule has 0 spiro atoms. The van der Waals surface area contributed by atoms with Crippen molar-refractivity contribution in [1.29, 1.82) is 0 Å². The Morgan fingerprint density at radius 2 is 2.00 bits per heavy atom. The molecule has 1 N–H and O–H groups in total. The van der Waals surface area contributed by atoms with Crippen LogP contribution in [0.1, 0.15) is 35.5 Å². The lowest BCUT2D eigenvalue weighted by atomic mass is 10.1. The summed E-state index contributed by atoms with van der Waals surface area (Å²) >= 11 is 1.56. The summed E-state index contributed by atoms with van der Waals surface area (Å²) in [6.45, 7) is 7.94. The summed E-state index contributed by atoms with van der Waals surface area (Å²) < 4.78 is 11.6. The molecule has 2 aliphatic heterocycles. The van der Waals surface area contributed by atoms with E-state index in [9.17, 15) is 4.79 Å². The van der Waals surface area contributed by atoms with Crippen molar-refractivity contribution in [1.82, 2.24) is 19.4 Å². The average molecular weight is 479 g/mol. The lowest BCUT2D eigenvalue weighted by molar-refractivity contribution is 0.0962. The van der Waals surface area contributed by atoms with Gasteiger partial charge in [-0.2, -0.15) is 5.10 Å². The molecular weight excluding hydrogens is 448 g/mol. The second-order valence-corrected chi connectivity index (χ2v) is 9.78. The second-order valence-electron chi connectivity index (χ2n) is 8.82. The van der Waals surface area contributed by atoms with Gasteiger partial charge >= 0.3 is 0 Å². The number of aryl methyl sites for hydroxylation is 1. The minimum Gasteiger partial charge on any atom is -0.376 e. The Morgan fingerprint density at radius 1 is 1.21 bits per heavy atom. The fraction of sp³-hybridized carbons (Fsp3) is 0.400. The van der Waals surface area contributed by atoms with Gasteiger partial charge in [-0.1, -0.05) is 30.0 Å². The van der Waals surface area contributed by atoms with Crippen LogP contribution in [0, 0.1) is 20.8 Å². The molecule has 5 rings (SSSR count). The van der Waals surface area contributed by atoms with Crippen molar-refractivity contribution >= 4 is 28.3 Å². The summed E-state index contributed by atoms with van der Waals surface area (Å²) in [5, 5.41) is 5.25. The van der Waals surface area contributed by atoms with Crippen LogP contribution in [0.15, 0.2) is 51.3 Å². The van der Waals surface area contributed by atoms with Crippen LogP contribution < -0.4 is 11.0 Å². The number of aromatic nitrogens is 3. The molecule has 4 heterocycles. The standard InChI is InChI=1S/C25H30N6O2S/c1-16-13-21(17(2)30(16)14-20-11-8-12-33-20)22-15-34-25(28-27-22)26-23-18(3)29(4)31(24(23)32)19-9-6-5-7-10-19/h5-7,9-10,13,20H,8,11-12,14-15H2,1-4H3,(H,26,28)/t20-/m1/s1. The molecule has 1 fully saturated rings. The van der Waals surface area contributed by atoms with Gasteiger partial charge < -0.3 is 9.30 Å². The number of amidine groups is 1. The minimum atomic E-state index is -0.145. The van der Waals surface area contributed by atoms with Gasteiger partial charge in [0.25, 0.3) is 5.56 Å². The summed E-state index contributed by atoms with van der Waals surface area (Å²) in [5.74, 6) is 0.689. The molecule has 9 heteroatoms. The van der Waals surface area contributed by atoms with Crippen molar-refractivity contribution in [2.45, 2.75) is 46.3 Å². The van der Waals surface area contributed by atoms with Crippen molar-refractivity contribution in [3.8, 4) is 5.69 Å². The molecule has 3 aromatic rings. The number of para-hydroxylation sites is 1.